The highest BCUT2D eigenvalue weighted by Crippen LogP contribution is 2.27. The lowest BCUT2D eigenvalue weighted by Gasteiger charge is -2.07. The third-order valence-electron chi connectivity index (χ3n) is 1.62. The highest BCUT2D eigenvalue weighted by Gasteiger charge is 2.20. The number of benzene rings is 1. The van der Waals surface area contributed by atoms with Gasteiger partial charge < -0.3 is 4.74 Å². The number of hydrogen-bond donors (Lipinski definition) is 0. The molecule has 0 saturated carbocycles. The lowest BCUT2D eigenvalue weighted by Crippen LogP contribution is -2.06. The molecule has 0 atom stereocenters. The summed E-state index contributed by atoms with van der Waals surface area (Å²) in [5.74, 6) is -0.345. The molecule has 0 aliphatic carbocycles. The van der Waals surface area contributed by atoms with E-state index in [0.717, 1.165) is 0 Å². The van der Waals surface area contributed by atoms with Crippen LogP contribution >= 0.6 is 34.8 Å². The van der Waals surface area contributed by atoms with Gasteiger partial charge >= 0.3 is 5.43 Å². The predicted molar refractivity (Wildman–Crippen MR) is 58.7 cm³/mol. The topological polar surface area (TPSA) is 60.4 Å². The second-order valence-corrected chi connectivity index (χ2v) is 3.56. The number of carbonyl (C=O) groups excluding carboxylic acids is 3. The summed E-state index contributed by atoms with van der Waals surface area (Å²) in [7, 11) is 0. The van der Waals surface area contributed by atoms with Crippen LogP contribution in [0, 0.1) is 0 Å². The van der Waals surface area contributed by atoms with Crippen molar-refractivity contribution in [3.8, 4) is 5.75 Å². The van der Waals surface area contributed by atoms with E-state index in [1.54, 1.807) is 0 Å². The van der Waals surface area contributed by atoms with Crippen LogP contribution in [-0.4, -0.2) is 15.9 Å². The van der Waals surface area contributed by atoms with Gasteiger partial charge in [-0.05, 0) is 35.3 Å². The van der Waals surface area contributed by atoms with Crippen LogP contribution in [0.25, 0.3) is 0 Å². The van der Waals surface area contributed by atoms with Crippen molar-refractivity contribution in [3.05, 3.63) is 29.3 Å². The number of ether oxygens (including phenoxy) is 1. The Kier molecular flexibility index (Phi) is 4.29. The van der Waals surface area contributed by atoms with Crippen LogP contribution in [0.4, 0.5) is 4.79 Å². The second kappa shape index (κ2) is 5.30. The minimum Gasteiger partial charge on any atom is -0.413 e. The molecular weight excluding hydrogens is 278 g/mol. The van der Waals surface area contributed by atoms with Crippen LogP contribution in [0.3, 0.4) is 0 Å². The molecule has 0 N–H and O–H groups in total. The molecule has 0 spiro atoms. The van der Waals surface area contributed by atoms with Crippen molar-refractivity contribution in [1.82, 2.24) is 0 Å². The Bertz CT molecular complexity index is 438. The number of hydrogen-bond acceptors (Lipinski definition) is 4. The van der Waals surface area contributed by atoms with Crippen LogP contribution < -0.4 is 4.74 Å². The fourth-order valence-corrected chi connectivity index (χ4v) is 1.41. The van der Waals surface area contributed by atoms with E-state index < -0.39 is 15.9 Å². The summed E-state index contributed by atoms with van der Waals surface area (Å²) in [6.07, 6.45) is 0. The van der Waals surface area contributed by atoms with Gasteiger partial charge in [-0.2, -0.15) is 0 Å². The number of carbonyl (C=O) groups is 3. The zero-order valence-corrected chi connectivity index (χ0v) is 9.77. The van der Waals surface area contributed by atoms with E-state index in [-0.39, 0.29) is 16.9 Å². The molecule has 1 aromatic carbocycles. The third kappa shape index (κ3) is 2.95. The molecule has 4 nitrogen and oxygen atoms in total. The zero-order valence-electron chi connectivity index (χ0n) is 7.50. The largest absolute Gasteiger partial charge is 0.413 e. The maximum Gasteiger partial charge on any atom is 0.409 e. The molecular formula is C9H3Cl3O4. The Balaban J connectivity index is 3.40. The molecule has 1 rings (SSSR count). The van der Waals surface area contributed by atoms with Crippen molar-refractivity contribution in [2.75, 3.05) is 0 Å². The minimum absolute atomic E-state index is 0.165. The summed E-state index contributed by atoms with van der Waals surface area (Å²) in [6, 6.07) is 3.92. The van der Waals surface area contributed by atoms with Gasteiger partial charge in [0.1, 0.15) is 0 Å². The minimum atomic E-state index is -1.20. The molecule has 0 amide bonds. The molecule has 0 heterocycles. The highest BCUT2D eigenvalue weighted by molar-refractivity contribution is 6.70. The Morgan fingerprint density at radius 2 is 1.38 bits per heavy atom. The van der Waals surface area contributed by atoms with Crippen LogP contribution in [0.2, 0.25) is 0 Å². The lowest BCUT2D eigenvalue weighted by atomic mass is 10.1. The molecule has 7 heteroatoms. The molecule has 0 unspecified atom stereocenters. The molecule has 0 fully saturated rings. The quantitative estimate of drug-likeness (QED) is 0.798. The monoisotopic (exact) mass is 280 g/mol. The molecule has 0 bridgehead atoms. The summed E-state index contributed by atoms with van der Waals surface area (Å²) in [4.78, 5) is 32.6. The number of rotatable bonds is 3. The molecule has 16 heavy (non-hydrogen) atoms. The van der Waals surface area contributed by atoms with E-state index in [2.05, 4.69) is 4.74 Å². The normalized spacial score (nSPS) is 9.69. The van der Waals surface area contributed by atoms with Gasteiger partial charge in [-0.1, -0.05) is 6.07 Å². The smallest absolute Gasteiger partial charge is 0.409 e. The van der Waals surface area contributed by atoms with Gasteiger partial charge in [0.25, 0.3) is 10.5 Å². The van der Waals surface area contributed by atoms with Crippen LogP contribution in [0.15, 0.2) is 18.2 Å². The van der Waals surface area contributed by atoms with Gasteiger partial charge in [-0.15, -0.1) is 0 Å². The van der Waals surface area contributed by atoms with E-state index in [1.807, 2.05) is 0 Å². The van der Waals surface area contributed by atoms with Gasteiger partial charge in [0, 0.05) is 11.6 Å². The first-order valence-electron chi connectivity index (χ1n) is 3.83. The summed E-state index contributed by atoms with van der Waals surface area (Å²) < 4.78 is 4.52. The van der Waals surface area contributed by atoms with Crippen molar-refractivity contribution in [2.45, 2.75) is 0 Å². The van der Waals surface area contributed by atoms with Crippen molar-refractivity contribution in [1.29, 1.82) is 0 Å². The first-order valence-corrected chi connectivity index (χ1v) is 4.97. The molecule has 0 aliphatic rings. The second-order valence-electron chi connectivity index (χ2n) is 2.57. The predicted octanol–water partition coefficient (Wildman–Crippen LogP) is 3.18. The van der Waals surface area contributed by atoms with E-state index >= 15 is 0 Å². The average Bonchev–Trinajstić information content (AvgIpc) is 2.16. The summed E-state index contributed by atoms with van der Waals surface area (Å²) >= 11 is 15.5. The Hall–Kier alpha value is -1.10. The fraction of sp³-hybridized carbons (Fsp3) is 0. The average molecular weight is 281 g/mol. The van der Waals surface area contributed by atoms with Crippen molar-refractivity contribution in [3.63, 3.8) is 0 Å². The fourth-order valence-electron chi connectivity index (χ4n) is 1.04. The van der Waals surface area contributed by atoms with E-state index in [0.29, 0.717) is 0 Å². The van der Waals surface area contributed by atoms with Crippen molar-refractivity contribution >= 4 is 50.7 Å². The van der Waals surface area contributed by atoms with Crippen LogP contribution in [-0.2, 0) is 0 Å². The summed E-state index contributed by atoms with van der Waals surface area (Å²) in [6.45, 7) is 0. The number of para-hydroxylation sites is 1. The first-order chi connectivity index (χ1) is 7.43. The van der Waals surface area contributed by atoms with E-state index in [4.69, 9.17) is 34.8 Å². The molecule has 84 valence electrons. The summed E-state index contributed by atoms with van der Waals surface area (Å²) in [5.41, 5.74) is -1.53. The van der Waals surface area contributed by atoms with Crippen LogP contribution in [0.1, 0.15) is 20.7 Å². The number of halogens is 3. The van der Waals surface area contributed by atoms with E-state index in [9.17, 15) is 14.4 Å². The SMILES string of the molecule is O=C(Cl)Oc1c(C(=O)Cl)cccc1C(=O)Cl. The Morgan fingerprint density at radius 3 is 1.69 bits per heavy atom. The molecule has 0 aromatic heterocycles. The molecule has 0 aliphatic heterocycles. The van der Waals surface area contributed by atoms with E-state index in [1.165, 1.54) is 18.2 Å². The Labute approximate surface area is 105 Å². The molecule has 0 radical (unpaired) electrons. The van der Waals surface area contributed by atoms with Crippen molar-refractivity contribution < 1.29 is 19.1 Å². The van der Waals surface area contributed by atoms with Gasteiger partial charge in [-0.3, -0.25) is 9.59 Å². The molecule has 0 saturated heterocycles. The van der Waals surface area contributed by atoms with Gasteiger partial charge in [0.05, 0.1) is 11.1 Å². The maximum absolute atomic E-state index is 11.0. The van der Waals surface area contributed by atoms with Crippen molar-refractivity contribution in [2.24, 2.45) is 0 Å². The third-order valence-corrected chi connectivity index (χ3v) is 2.11. The summed E-state index contributed by atoms with van der Waals surface area (Å²) in [5, 5.41) is -1.79. The van der Waals surface area contributed by atoms with Gasteiger partial charge in [0.2, 0.25) is 0 Å². The lowest BCUT2D eigenvalue weighted by molar-refractivity contribution is 0.107. The zero-order chi connectivity index (χ0) is 12.3. The van der Waals surface area contributed by atoms with Gasteiger partial charge in [-0.25, -0.2) is 4.79 Å². The van der Waals surface area contributed by atoms with Crippen LogP contribution in [0.5, 0.6) is 5.75 Å². The maximum atomic E-state index is 11.0. The highest BCUT2D eigenvalue weighted by atomic mass is 35.5. The van der Waals surface area contributed by atoms with Gasteiger partial charge in [0.15, 0.2) is 5.75 Å². The standard InChI is InChI=1S/C9H3Cl3O4/c10-7(13)4-2-1-3-5(8(11)14)6(4)16-9(12)15/h1-3H. The first kappa shape index (κ1) is 13.0. The Morgan fingerprint density at radius 1 is 0.938 bits per heavy atom. The molecule has 1 aromatic rings.